The Labute approximate surface area is 107 Å². The Kier molecular flexibility index (Phi) is 3.94. The maximum absolute atomic E-state index is 12.1. The van der Waals surface area contributed by atoms with Crippen molar-refractivity contribution in [1.29, 1.82) is 0 Å². The number of carbonyl (C=O) groups excluding carboxylic acids is 1. The summed E-state index contributed by atoms with van der Waals surface area (Å²) in [5.74, 6) is -0.605. The predicted octanol–water partition coefficient (Wildman–Crippen LogP) is 2.28. The van der Waals surface area contributed by atoms with E-state index in [-0.39, 0.29) is 23.4 Å². The molecule has 1 heterocycles. The molecule has 104 valence electrons. The summed E-state index contributed by atoms with van der Waals surface area (Å²) in [7, 11) is 0. The summed E-state index contributed by atoms with van der Waals surface area (Å²) in [6.07, 6.45) is -3.10. The summed E-state index contributed by atoms with van der Waals surface area (Å²) in [5.41, 5.74) is 0.278. The summed E-state index contributed by atoms with van der Waals surface area (Å²) in [6.45, 7) is 0.773. The molecule has 0 saturated carbocycles. The van der Waals surface area contributed by atoms with Crippen LogP contribution >= 0.6 is 0 Å². The van der Waals surface area contributed by atoms with Gasteiger partial charge in [0.15, 0.2) is 0 Å². The summed E-state index contributed by atoms with van der Waals surface area (Å²) in [4.78, 5) is 11.8. The molecule has 0 unspecified atom stereocenters. The second-order valence-electron chi connectivity index (χ2n) is 4.21. The Morgan fingerprint density at radius 2 is 2.21 bits per heavy atom. The van der Waals surface area contributed by atoms with Crippen LogP contribution in [0.2, 0.25) is 0 Å². The van der Waals surface area contributed by atoms with Gasteiger partial charge in [-0.3, -0.25) is 4.79 Å². The maximum atomic E-state index is 12.1. The predicted molar refractivity (Wildman–Crippen MR) is 62.8 cm³/mol. The third-order valence-electron chi connectivity index (χ3n) is 2.71. The minimum Gasteiger partial charge on any atom is -0.406 e. The van der Waals surface area contributed by atoms with Crippen molar-refractivity contribution in [2.45, 2.75) is 25.2 Å². The van der Waals surface area contributed by atoms with E-state index in [4.69, 9.17) is 0 Å². The van der Waals surface area contributed by atoms with Crippen molar-refractivity contribution in [3.05, 3.63) is 24.3 Å². The Morgan fingerprint density at radius 1 is 1.42 bits per heavy atom. The first-order chi connectivity index (χ1) is 8.94. The molecule has 4 nitrogen and oxygen atoms in total. The normalized spacial score (nSPS) is 19.2. The van der Waals surface area contributed by atoms with Crippen LogP contribution in [-0.4, -0.2) is 24.9 Å². The van der Waals surface area contributed by atoms with Crippen molar-refractivity contribution in [1.82, 2.24) is 5.32 Å². The molecule has 1 aromatic carbocycles. The molecule has 0 bridgehead atoms. The van der Waals surface area contributed by atoms with Gasteiger partial charge in [0.05, 0.1) is 6.04 Å². The number of anilines is 1. The van der Waals surface area contributed by atoms with E-state index in [0.29, 0.717) is 0 Å². The first kappa shape index (κ1) is 13.7. The molecule has 2 N–H and O–H groups in total. The molecular weight excluding hydrogens is 261 g/mol. The second kappa shape index (κ2) is 5.48. The molecule has 1 atom stereocenters. The van der Waals surface area contributed by atoms with Crippen LogP contribution < -0.4 is 15.4 Å². The monoisotopic (exact) mass is 274 g/mol. The van der Waals surface area contributed by atoms with E-state index in [9.17, 15) is 18.0 Å². The van der Waals surface area contributed by atoms with E-state index in [1.165, 1.54) is 18.2 Å². The van der Waals surface area contributed by atoms with Gasteiger partial charge in [0.2, 0.25) is 5.91 Å². The van der Waals surface area contributed by atoms with Gasteiger partial charge in [0.25, 0.3) is 0 Å². The third kappa shape index (κ3) is 4.13. The molecule has 7 heteroatoms. The van der Waals surface area contributed by atoms with Gasteiger partial charge in [-0.15, -0.1) is 13.2 Å². The van der Waals surface area contributed by atoms with Gasteiger partial charge in [0.1, 0.15) is 5.75 Å². The fourth-order valence-corrected chi connectivity index (χ4v) is 1.91. The van der Waals surface area contributed by atoms with E-state index < -0.39 is 6.36 Å². The molecule has 19 heavy (non-hydrogen) atoms. The highest BCUT2D eigenvalue weighted by molar-refractivity contribution is 5.95. The lowest BCUT2D eigenvalue weighted by molar-refractivity contribution is -0.274. The van der Waals surface area contributed by atoms with Crippen molar-refractivity contribution >= 4 is 11.6 Å². The van der Waals surface area contributed by atoms with E-state index in [2.05, 4.69) is 15.4 Å². The minimum absolute atomic E-state index is 0.248. The van der Waals surface area contributed by atoms with Crippen LogP contribution in [-0.2, 0) is 4.79 Å². The quantitative estimate of drug-likeness (QED) is 0.889. The summed E-state index contributed by atoms with van der Waals surface area (Å²) < 4.78 is 40.0. The number of carbonyl (C=O) groups is 1. The van der Waals surface area contributed by atoms with Gasteiger partial charge < -0.3 is 15.4 Å². The molecule has 0 aliphatic carbocycles. The highest BCUT2D eigenvalue weighted by Crippen LogP contribution is 2.25. The lowest BCUT2D eigenvalue weighted by Crippen LogP contribution is -2.35. The van der Waals surface area contributed by atoms with Crippen LogP contribution in [0, 0.1) is 0 Å². The number of hydrogen-bond acceptors (Lipinski definition) is 3. The Hall–Kier alpha value is -1.76. The minimum atomic E-state index is -4.74. The van der Waals surface area contributed by atoms with Crippen LogP contribution in [0.15, 0.2) is 24.3 Å². The summed E-state index contributed by atoms with van der Waals surface area (Å²) in [5, 5.41) is 5.57. The number of nitrogens with one attached hydrogen (secondary N) is 2. The van der Waals surface area contributed by atoms with Gasteiger partial charge in [-0.25, -0.2) is 0 Å². The standard InChI is InChI=1S/C12H13F3N2O2/c13-12(14,15)19-9-4-1-3-8(7-9)17-11(18)10-5-2-6-16-10/h1,3-4,7,10,16H,2,5-6H2,(H,17,18)/t10-/m1/s1. The van der Waals surface area contributed by atoms with Crippen LogP contribution in [0.4, 0.5) is 18.9 Å². The Morgan fingerprint density at radius 3 is 2.84 bits per heavy atom. The zero-order valence-corrected chi connectivity index (χ0v) is 9.96. The van der Waals surface area contributed by atoms with Gasteiger partial charge in [-0.05, 0) is 31.5 Å². The Balaban J connectivity index is 2.00. The van der Waals surface area contributed by atoms with Crippen LogP contribution in [0.25, 0.3) is 0 Å². The van der Waals surface area contributed by atoms with Crippen LogP contribution in [0.3, 0.4) is 0 Å². The lowest BCUT2D eigenvalue weighted by Gasteiger charge is -2.13. The van der Waals surface area contributed by atoms with Crippen molar-refractivity contribution in [3.63, 3.8) is 0 Å². The molecule has 1 fully saturated rings. The van der Waals surface area contributed by atoms with Crippen LogP contribution in [0.5, 0.6) is 5.75 Å². The highest BCUT2D eigenvalue weighted by Gasteiger charge is 2.31. The lowest BCUT2D eigenvalue weighted by atomic mass is 10.2. The maximum Gasteiger partial charge on any atom is 0.573 e. The van der Waals surface area contributed by atoms with Crippen molar-refractivity contribution in [2.75, 3.05) is 11.9 Å². The van der Waals surface area contributed by atoms with Crippen molar-refractivity contribution < 1.29 is 22.7 Å². The number of rotatable bonds is 3. The van der Waals surface area contributed by atoms with E-state index >= 15 is 0 Å². The number of hydrogen-bond donors (Lipinski definition) is 2. The summed E-state index contributed by atoms with van der Waals surface area (Å²) in [6, 6.07) is 4.93. The Bertz CT molecular complexity index is 457. The second-order valence-corrected chi connectivity index (χ2v) is 4.21. The first-order valence-electron chi connectivity index (χ1n) is 5.84. The number of halogens is 3. The zero-order chi connectivity index (χ0) is 13.9. The average Bonchev–Trinajstić information content (AvgIpc) is 2.80. The molecule has 0 radical (unpaired) electrons. The topological polar surface area (TPSA) is 50.4 Å². The largest absolute Gasteiger partial charge is 0.573 e. The SMILES string of the molecule is O=C(Nc1cccc(OC(F)(F)F)c1)[C@H]1CCCN1. The molecular formula is C12H13F3N2O2. The number of amides is 1. The summed E-state index contributed by atoms with van der Waals surface area (Å²) >= 11 is 0. The molecule has 1 amide bonds. The van der Waals surface area contributed by atoms with E-state index in [1.807, 2.05) is 0 Å². The van der Waals surface area contributed by atoms with Gasteiger partial charge in [0, 0.05) is 11.8 Å². The van der Waals surface area contributed by atoms with Gasteiger partial charge in [-0.1, -0.05) is 6.07 Å². The van der Waals surface area contributed by atoms with Crippen molar-refractivity contribution in [2.24, 2.45) is 0 Å². The molecule has 1 saturated heterocycles. The first-order valence-corrected chi connectivity index (χ1v) is 5.84. The van der Waals surface area contributed by atoms with Crippen molar-refractivity contribution in [3.8, 4) is 5.75 Å². The molecule has 1 aliphatic heterocycles. The van der Waals surface area contributed by atoms with E-state index in [1.54, 1.807) is 0 Å². The molecule has 0 spiro atoms. The number of ether oxygens (including phenoxy) is 1. The smallest absolute Gasteiger partial charge is 0.406 e. The fourth-order valence-electron chi connectivity index (χ4n) is 1.91. The zero-order valence-electron chi connectivity index (χ0n) is 9.96. The molecule has 2 rings (SSSR count). The molecule has 1 aromatic rings. The third-order valence-corrected chi connectivity index (χ3v) is 2.71. The van der Waals surface area contributed by atoms with Gasteiger partial charge in [-0.2, -0.15) is 0 Å². The molecule has 1 aliphatic rings. The number of alkyl halides is 3. The average molecular weight is 274 g/mol. The fraction of sp³-hybridized carbons (Fsp3) is 0.417. The number of benzene rings is 1. The van der Waals surface area contributed by atoms with Gasteiger partial charge >= 0.3 is 6.36 Å². The molecule has 0 aromatic heterocycles. The van der Waals surface area contributed by atoms with E-state index in [0.717, 1.165) is 25.5 Å². The van der Waals surface area contributed by atoms with Crippen LogP contribution in [0.1, 0.15) is 12.8 Å². The highest BCUT2D eigenvalue weighted by atomic mass is 19.4.